The number of rotatable bonds is 3. The maximum Gasteiger partial charge on any atom is 0.259 e. The smallest absolute Gasteiger partial charge is 0.259 e. The van der Waals surface area contributed by atoms with E-state index in [0.29, 0.717) is 0 Å². The van der Waals surface area contributed by atoms with Crippen molar-refractivity contribution >= 4 is 10.0 Å². The molecule has 1 fully saturated rings. The molecule has 0 amide bonds. The van der Waals surface area contributed by atoms with Gasteiger partial charge in [0.1, 0.15) is 0 Å². The summed E-state index contributed by atoms with van der Waals surface area (Å²) in [5.74, 6) is 0. The molecule has 96 valence electrons. The molecule has 7 heteroatoms. The Morgan fingerprint density at radius 2 is 2.06 bits per heavy atom. The van der Waals surface area contributed by atoms with Crippen molar-refractivity contribution in [1.29, 1.82) is 0 Å². The number of aryl methyl sites for hydroxylation is 1. The number of aromatic nitrogens is 2. The lowest BCUT2D eigenvalue weighted by molar-refractivity contribution is 0.373. The normalized spacial score (nSPS) is 26.0. The molecule has 0 aromatic carbocycles. The number of imidazole rings is 1. The van der Waals surface area contributed by atoms with Gasteiger partial charge in [-0.05, 0) is 25.7 Å². The number of hydrogen-bond donors (Lipinski definition) is 2. The zero-order chi connectivity index (χ0) is 12.5. The molecular formula is C10H18N4O2S. The average Bonchev–Trinajstić information content (AvgIpc) is 2.69. The quantitative estimate of drug-likeness (QED) is 0.796. The highest BCUT2D eigenvalue weighted by Gasteiger charge is 2.25. The van der Waals surface area contributed by atoms with Gasteiger partial charge < -0.3 is 10.3 Å². The summed E-state index contributed by atoms with van der Waals surface area (Å²) in [6.07, 6.45) is 6.31. The first kappa shape index (κ1) is 12.5. The third kappa shape index (κ3) is 3.05. The first-order chi connectivity index (χ1) is 7.97. The molecule has 1 aliphatic rings. The van der Waals surface area contributed by atoms with Crippen molar-refractivity contribution in [1.82, 2.24) is 14.3 Å². The van der Waals surface area contributed by atoms with Crippen LogP contribution in [-0.2, 0) is 17.1 Å². The van der Waals surface area contributed by atoms with Crippen LogP contribution in [0.3, 0.4) is 0 Å². The van der Waals surface area contributed by atoms with Gasteiger partial charge in [-0.1, -0.05) is 0 Å². The molecule has 1 heterocycles. The van der Waals surface area contributed by atoms with Crippen LogP contribution in [-0.4, -0.2) is 30.1 Å². The largest absolute Gasteiger partial charge is 0.339 e. The van der Waals surface area contributed by atoms with Crippen LogP contribution in [0.5, 0.6) is 0 Å². The van der Waals surface area contributed by atoms with Gasteiger partial charge in [0, 0.05) is 25.3 Å². The molecule has 1 aliphatic carbocycles. The molecule has 17 heavy (non-hydrogen) atoms. The van der Waals surface area contributed by atoms with Gasteiger partial charge in [-0.2, -0.15) is 0 Å². The summed E-state index contributed by atoms with van der Waals surface area (Å²) < 4.78 is 28.3. The third-order valence-corrected chi connectivity index (χ3v) is 4.46. The standard InChI is InChI=1S/C10H18N4O2S/c1-14-6-10(12-7-14)17(15,16)13-9-4-2-8(11)3-5-9/h6-9,13H,2-5,11H2,1H3. The van der Waals surface area contributed by atoms with E-state index in [1.54, 1.807) is 11.6 Å². The van der Waals surface area contributed by atoms with E-state index >= 15 is 0 Å². The maximum atomic E-state index is 12.0. The molecule has 0 saturated heterocycles. The van der Waals surface area contributed by atoms with Crippen molar-refractivity contribution in [2.24, 2.45) is 12.8 Å². The lowest BCUT2D eigenvalue weighted by Gasteiger charge is -2.26. The predicted octanol–water partition coefficient (Wildman–Crippen LogP) is -0.0317. The number of nitrogens with two attached hydrogens (primary N) is 1. The summed E-state index contributed by atoms with van der Waals surface area (Å²) in [6, 6.07) is 0.201. The monoisotopic (exact) mass is 258 g/mol. The molecule has 0 aliphatic heterocycles. The first-order valence-electron chi connectivity index (χ1n) is 5.73. The summed E-state index contributed by atoms with van der Waals surface area (Å²) in [5, 5.41) is 0.0786. The first-order valence-corrected chi connectivity index (χ1v) is 7.21. The minimum atomic E-state index is -3.48. The Hall–Kier alpha value is -0.920. The van der Waals surface area contributed by atoms with E-state index in [4.69, 9.17) is 5.73 Å². The molecule has 1 aromatic rings. The van der Waals surface area contributed by atoms with E-state index in [1.165, 1.54) is 12.5 Å². The van der Waals surface area contributed by atoms with Crippen LogP contribution in [0.1, 0.15) is 25.7 Å². The Morgan fingerprint density at radius 3 is 2.59 bits per heavy atom. The second-order valence-corrected chi connectivity index (χ2v) is 6.27. The van der Waals surface area contributed by atoms with Gasteiger partial charge in [0.05, 0.1) is 6.33 Å². The second-order valence-electron chi connectivity index (χ2n) is 4.61. The fourth-order valence-corrected chi connectivity index (χ4v) is 3.33. The van der Waals surface area contributed by atoms with E-state index in [2.05, 4.69) is 9.71 Å². The Bertz CT molecular complexity index is 474. The van der Waals surface area contributed by atoms with Crippen molar-refractivity contribution in [2.45, 2.75) is 42.8 Å². The van der Waals surface area contributed by atoms with Crippen LogP contribution >= 0.6 is 0 Å². The van der Waals surface area contributed by atoms with Crippen LogP contribution in [0, 0.1) is 0 Å². The van der Waals surface area contributed by atoms with Crippen molar-refractivity contribution in [3.05, 3.63) is 12.5 Å². The maximum absolute atomic E-state index is 12.0. The van der Waals surface area contributed by atoms with Crippen molar-refractivity contribution in [2.75, 3.05) is 0 Å². The van der Waals surface area contributed by atoms with Gasteiger partial charge in [0.15, 0.2) is 5.03 Å². The van der Waals surface area contributed by atoms with Crippen molar-refractivity contribution in [3.8, 4) is 0 Å². The molecule has 0 atom stereocenters. The summed E-state index contributed by atoms with van der Waals surface area (Å²) in [7, 11) is -1.74. The zero-order valence-corrected chi connectivity index (χ0v) is 10.7. The SMILES string of the molecule is Cn1cnc(S(=O)(=O)NC2CCC(N)CC2)c1. The van der Waals surface area contributed by atoms with E-state index in [-0.39, 0.29) is 17.1 Å². The van der Waals surface area contributed by atoms with Gasteiger partial charge in [-0.25, -0.2) is 18.1 Å². The van der Waals surface area contributed by atoms with Gasteiger partial charge in [-0.3, -0.25) is 0 Å². The minimum absolute atomic E-state index is 0.0122. The lowest BCUT2D eigenvalue weighted by atomic mass is 9.93. The fourth-order valence-electron chi connectivity index (χ4n) is 2.04. The Balaban J connectivity index is 2.03. The van der Waals surface area contributed by atoms with E-state index < -0.39 is 10.0 Å². The highest BCUT2D eigenvalue weighted by molar-refractivity contribution is 7.89. The molecule has 2 rings (SSSR count). The molecule has 6 nitrogen and oxygen atoms in total. The third-order valence-electron chi connectivity index (χ3n) is 3.05. The number of nitrogens with one attached hydrogen (secondary N) is 1. The molecule has 0 unspecified atom stereocenters. The highest BCUT2D eigenvalue weighted by Crippen LogP contribution is 2.18. The topological polar surface area (TPSA) is 90.0 Å². The van der Waals surface area contributed by atoms with Crippen LogP contribution in [0.25, 0.3) is 0 Å². The van der Waals surface area contributed by atoms with E-state index in [1.807, 2.05) is 0 Å². The van der Waals surface area contributed by atoms with Gasteiger partial charge in [0.25, 0.3) is 10.0 Å². The van der Waals surface area contributed by atoms with Gasteiger partial charge >= 0.3 is 0 Å². The van der Waals surface area contributed by atoms with Crippen LogP contribution in [0.15, 0.2) is 17.6 Å². The molecule has 3 N–H and O–H groups in total. The molecule has 1 aromatic heterocycles. The summed E-state index contributed by atoms with van der Waals surface area (Å²) in [4.78, 5) is 3.86. The predicted molar refractivity (Wildman–Crippen MR) is 63.8 cm³/mol. The van der Waals surface area contributed by atoms with Crippen molar-refractivity contribution < 1.29 is 8.42 Å². The molecule has 0 bridgehead atoms. The minimum Gasteiger partial charge on any atom is -0.339 e. The average molecular weight is 258 g/mol. The number of sulfonamides is 1. The molecule has 0 spiro atoms. The summed E-state index contributed by atoms with van der Waals surface area (Å²) in [6.45, 7) is 0. The highest BCUT2D eigenvalue weighted by atomic mass is 32.2. The number of hydrogen-bond acceptors (Lipinski definition) is 4. The zero-order valence-electron chi connectivity index (χ0n) is 9.83. The lowest BCUT2D eigenvalue weighted by Crippen LogP contribution is -2.40. The second kappa shape index (κ2) is 4.75. The van der Waals surface area contributed by atoms with Crippen LogP contribution in [0.4, 0.5) is 0 Å². The van der Waals surface area contributed by atoms with Crippen molar-refractivity contribution in [3.63, 3.8) is 0 Å². The van der Waals surface area contributed by atoms with Crippen LogP contribution < -0.4 is 10.5 Å². The molecular weight excluding hydrogens is 240 g/mol. The number of nitrogens with zero attached hydrogens (tertiary/aromatic N) is 2. The fraction of sp³-hybridized carbons (Fsp3) is 0.700. The summed E-state index contributed by atoms with van der Waals surface area (Å²) >= 11 is 0. The molecule has 0 radical (unpaired) electrons. The van der Waals surface area contributed by atoms with Gasteiger partial charge in [0.2, 0.25) is 0 Å². The Morgan fingerprint density at radius 1 is 1.41 bits per heavy atom. The van der Waals surface area contributed by atoms with Crippen LogP contribution in [0.2, 0.25) is 0 Å². The van der Waals surface area contributed by atoms with E-state index in [9.17, 15) is 8.42 Å². The Kier molecular flexibility index (Phi) is 3.50. The van der Waals surface area contributed by atoms with Gasteiger partial charge in [-0.15, -0.1) is 0 Å². The summed E-state index contributed by atoms with van der Waals surface area (Å²) in [5.41, 5.74) is 5.78. The Labute approximate surface area is 101 Å². The molecule has 1 saturated carbocycles. The van der Waals surface area contributed by atoms with E-state index in [0.717, 1.165) is 25.7 Å².